The maximum Gasteiger partial charge on any atom is 0.345 e. The van der Waals surface area contributed by atoms with Crippen molar-refractivity contribution in [1.29, 1.82) is 0 Å². The summed E-state index contributed by atoms with van der Waals surface area (Å²) in [4.78, 5) is 32.8. The molecule has 1 saturated heterocycles. The molecule has 0 unspecified atom stereocenters. The van der Waals surface area contributed by atoms with Crippen molar-refractivity contribution in [3.8, 4) is 34.0 Å². The molecule has 2 heterocycles. The predicted molar refractivity (Wildman–Crippen MR) is 113 cm³/mol. The highest BCUT2D eigenvalue weighted by Gasteiger charge is 2.18. The molecule has 3 aromatic rings. The van der Waals surface area contributed by atoms with Crippen LogP contribution in [0, 0.1) is 6.92 Å². The molecule has 1 fully saturated rings. The van der Waals surface area contributed by atoms with E-state index in [-0.39, 0.29) is 18.3 Å². The molecule has 1 aliphatic heterocycles. The van der Waals surface area contributed by atoms with Crippen LogP contribution >= 0.6 is 0 Å². The van der Waals surface area contributed by atoms with Crippen LogP contribution in [0.1, 0.15) is 18.4 Å². The Morgan fingerprint density at radius 2 is 1.80 bits per heavy atom. The molecule has 0 saturated carbocycles. The summed E-state index contributed by atoms with van der Waals surface area (Å²) in [6, 6.07) is 14.1. The van der Waals surface area contributed by atoms with Crippen LogP contribution in [0.2, 0.25) is 0 Å². The molecular formula is C23H23N3O4. The molecule has 4 rings (SSSR count). The number of phenols is 1. The number of nitrogens with one attached hydrogen (secondary N) is 1. The summed E-state index contributed by atoms with van der Waals surface area (Å²) in [6.45, 7) is 3.43. The molecule has 0 aliphatic carbocycles. The van der Waals surface area contributed by atoms with Crippen LogP contribution in [0.5, 0.6) is 11.5 Å². The number of carbonyl (C=O) groups excluding carboxylic acids is 1. The van der Waals surface area contributed by atoms with Gasteiger partial charge in [0.15, 0.2) is 6.61 Å². The fourth-order valence-corrected chi connectivity index (χ4v) is 3.51. The van der Waals surface area contributed by atoms with Gasteiger partial charge in [0.1, 0.15) is 11.5 Å². The Morgan fingerprint density at radius 1 is 1.10 bits per heavy atom. The Kier molecular flexibility index (Phi) is 5.52. The minimum Gasteiger partial charge on any atom is -0.508 e. The van der Waals surface area contributed by atoms with Crippen LogP contribution in [-0.4, -0.2) is 45.6 Å². The van der Waals surface area contributed by atoms with Gasteiger partial charge in [0.05, 0.1) is 11.4 Å². The topological polar surface area (TPSA) is 95.5 Å². The van der Waals surface area contributed by atoms with Gasteiger partial charge in [0.25, 0.3) is 5.91 Å². The average molecular weight is 405 g/mol. The third kappa shape index (κ3) is 4.35. The van der Waals surface area contributed by atoms with Crippen molar-refractivity contribution in [2.24, 2.45) is 0 Å². The number of aromatic amines is 1. The van der Waals surface area contributed by atoms with E-state index in [0.717, 1.165) is 37.1 Å². The van der Waals surface area contributed by atoms with Crippen LogP contribution in [0.15, 0.2) is 53.3 Å². The van der Waals surface area contributed by atoms with Crippen molar-refractivity contribution in [2.75, 3.05) is 19.7 Å². The van der Waals surface area contributed by atoms with E-state index in [9.17, 15) is 14.7 Å². The molecule has 0 bridgehead atoms. The number of aryl methyl sites for hydroxylation is 1. The van der Waals surface area contributed by atoms with E-state index in [0.29, 0.717) is 22.7 Å². The highest BCUT2D eigenvalue weighted by molar-refractivity contribution is 5.78. The zero-order chi connectivity index (χ0) is 21.1. The van der Waals surface area contributed by atoms with Gasteiger partial charge in [0.2, 0.25) is 0 Å². The van der Waals surface area contributed by atoms with Crippen molar-refractivity contribution in [3.05, 3.63) is 64.6 Å². The fourth-order valence-electron chi connectivity index (χ4n) is 3.51. The normalized spacial score (nSPS) is 13.4. The van der Waals surface area contributed by atoms with E-state index in [1.54, 1.807) is 43.3 Å². The van der Waals surface area contributed by atoms with E-state index < -0.39 is 5.69 Å². The number of amides is 1. The Morgan fingerprint density at radius 3 is 2.50 bits per heavy atom. The van der Waals surface area contributed by atoms with Gasteiger partial charge in [0, 0.05) is 18.7 Å². The molecular weight excluding hydrogens is 382 g/mol. The number of carbonyl (C=O) groups is 1. The SMILES string of the molecule is Cc1cc(-c2cc(-c3ccc(OCC(=O)N4CCCC4)cc3)[nH]c(=O)n2)ccc1O. The lowest BCUT2D eigenvalue weighted by molar-refractivity contribution is -0.132. The van der Waals surface area contributed by atoms with Gasteiger partial charge in [-0.15, -0.1) is 0 Å². The van der Waals surface area contributed by atoms with Gasteiger partial charge in [-0.1, -0.05) is 0 Å². The van der Waals surface area contributed by atoms with Gasteiger partial charge in [-0.25, -0.2) is 4.79 Å². The molecule has 30 heavy (non-hydrogen) atoms. The number of H-pyrrole nitrogens is 1. The average Bonchev–Trinajstić information content (AvgIpc) is 3.29. The lowest BCUT2D eigenvalue weighted by Crippen LogP contribution is -2.32. The van der Waals surface area contributed by atoms with E-state index >= 15 is 0 Å². The Bertz CT molecular complexity index is 1120. The van der Waals surface area contributed by atoms with Gasteiger partial charge in [-0.3, -0.25) is 4.79 Å². The van der Waals surface area contributed by atoms with Crippen molar-refractivity contribution >= 4 is 5.91 Å². The molecule has 7 nitrogen and oxygen atoms in total. The van der Waals surface area contributed by atoms with Crippen LogP contribution in [0.3, 0.4) is 0 Å². The van der Waals surface area contributed by atoms with Crippen molar-refractivity contribution in [1.82, 2.24) is 14.9 Å². The first kappa shape index (κ1) is 19.7. The molecule has 1 aromatic heterocycles. The first-order valence-electron chi connectivity index (χ1n) is 9.92. The number of likely N-dealkylation sites (tertiary alicyclic amines) is 1. The summed E-state index contributed by atoms with van der Waals surface area (Å²) in [5.74, 6) is 0.795. The number of aromatic hydroxyl groups is 1. The summed E-state index contributed by atoms with van der Waals surface area (Å²) in [5.41, 5.74) is 2.94. The van der Waals surface area contributed by atoms with Gasteiger partial charge in [-0.2, -0.15) is 4.98 Å². The first-order chi connectivity index (χ1) is 14.5. The molecule has 7 heteroatoms. The Balaban J connectivity index is 1.51. The number of phenolic OH excluding ortho intramolecular Hbond substituents is 1. The van der Waals surface area contributed by atoms with E-state index in [4.69, 9.17) is 4.74 Å². The van der Waals surface area contributed by atoms with Crippen LogP contribution in [-0.2, 0) is 4.79 Å². The molecule has 154 valence electrons. The minimum absolute atomic E-state index is 0.00359. The Labute approximate surface area is 174 Å². The first-order valence-corrected chi connectivity index (χ1v) is 9.92. The number of aromatic nitrogens is 2. The standard InChI is InChI=1S/C23H23N3O4/c1-15-12-17(6-9-21(15)27)20-13-19(24-23(29)25-20)16-4-7-18(8-5-16)30-14-22(28)26-10-2-3-11-26/h4-9,12-13,27H,2-3,10-11,14H2,1H3,(H,24,25,29). The molecule has 0 radical (unpaired) electrons. The summed E-state index contributed by atoms with van der Waals surface area (Å²) in [6.07, 6.45) is 2.10. The second-order valence-electron chi connectivity index (χ2n) is 7.39. The van der Waals surface area contributed by atoms with Gasteiger partial charge >= 0.3 is 5.69 Å². The van der Waals surface area contributed by atoms with Crippen LogP contribution in [0.4, 0.5) is 0 Å². The Hall–Kier alpha value is -3.61. The maximum atomic E-state index is 12.1. The summed E-state index contributed by atoms with van der Waals surface area (Å²) < 4.78 is 5.61. The number of nitrogens with zero attached hydrogens (tertiary/aromatic N) is 2. The number of hydrogen-bond acceptors (Lipinski definition) is 5. The second kappa shape index (κ2) is 8.41. The minimum atomic E-state index is -0.454. The van der Waals surface area contributed by atoms with Crippen molar-refractivity contribution < 1.29 is 14.6 Å². The predicted octanol–water partition coefficient (Wildman–Crippen LogP) is 3.12. The van der Waals surface area contributed by atoms with Crippen LogP contribution in [0.25, 0.3) is 22.5 Å². The molecule has 0 atom stereocenters. The number of hydrogen-bond donors (Lipinski definition) is 2. The quantitative estimate of drug-likeness (QED) is 0.680. The molecule has 0 spiro atoms. The number of ether oxygens (including phenoxy) is 1. The van der Waals surface area contributed by atoms with E-state index in [2.05, 4.69) is 9.97 Å². The number of rotatable bonds is 5. The fraction of sp³-hybridized carbons (Fsp3) is 0.261. The highest BCUT2D eigenvalue weighted by Crippen LogP contribution is 2.26. The van der Waals surface area contributed by atoms with Crippen molar-refractivity contribution in [2.45, 2.75) is 19.8 Å². The largest absolute Gasteiger partial charge is 0.508 e. The van der Waals surface area contributed by atoms with E-state index in [1.807, 2.05) is 17.0 Å². The summed E-state index contributed by atoms with van der Waals surface area (Å²) >= 11 is 0. The highest BCUT2D eigenvalue weighted by atomic mass is 16.5. The summed E-state index contributed by atoms with van der Waals surface area (Å²) in [5, 5.41) is 9.72. The lowest BCUT2D eigenvalue weighted by atomic mass is 10.1. The smallest absolute Gasteiger partial charge is 0.345 e. The van der Waals surface area contributed by atoms with Gasteiger partial charge in [-0.05, 0) is 79.4 Å². The molecule has 2 aromatic carbocycles. The third-order valence-corrected chi connectivity index (χ3v) is 5.22. The summed E-state index contributed by atoms with van der Waals surface area (Å²) in [7, 11) is 0. The second-order valence-corrected chi connectivity index (χ2v) is 7.39. The molecule has 2 N–H and O–H groups in total. The zero-order valence-corrected chi connectivity index (χ0v) is 16.7. The maximum absolute atomic E-state index is 12.1. The molecule has 1 aliphatic rings. The third-order valence-electron chi connectivity index (χ3n) is 5.22. The lowest BCUT2D eigenvalue weighted by Gasteiger charge is -2.15. The molecule has 1 amide bonds. The number of benzene rings is 2. The van der Waals surface area contributed by atoms with Gasteiger partial charge < -0.3 is 19.7 Å². The van der Waals surface area contributed by atoms with E-state index in [1.165, 1.54) is 0 Å². The monoisotopic (exact) mass is 405 g/mol. The zero-order valence-electron chi connectivity index (χ0n) is 16.7. The van der Waals surface area contributed by atoms with Crippen LogP contribution < -0.4 is 10.4 Å². The van der Waals surface area contributed by atoms with Crippen molar-refractivity contribution in [3.63, 3.8) is 0 Å².